The molecule has 0 radical (unpaired) electrons. The van der Waals surface area contributed by atoms with Crippen LogP contribution in [0.4, 0.5) is 54.9 Å². The van der Waals surface area contributed by atoms with E-state index in [1.165, 1.54) is 35.4 Å². The third-order valence-corrected chi connectivity index (χ3v) is 23.7. The van der Waals surface area contributed by atoms with Crippen LogP contribution in [0.25, 0.3) is 54.6 Å². The van der Waals surface area contributed by atoms with Gasteiger partial charge < -0.3 is 104 Å². The molecule has 5 saturated heterocycles. The van der Waals surface area contributed by atoms with Crippen molar-refractivity contribution in [2.75, 3.05) is 156 Å². The fourth-order valence-electron chi connectivity index (χ4n) is 16.9. The summed E-state index contributed by atoms with van der Waals surface area (Å²) in [7, 11) is 2.02. The zero-order chi connectivity index (χ0) is 88.9. The lowest BCUT2D eigenvalue weighted by atomic mass is 10.0. The number of halogens is 6. The van der Waals surface area contributed by atoms with Crippen molar-refractivity contribution in [2.24, 2.45) is 0 Å². The first-order valence-electron chi connectivity index (χ1n) is 41.3. The van der Waals surface area contributed by atoms with E-state index in [-0.39, 0.29) is 115 Å². The molecule has 8 aliphatic rings. The Balaban J connectivity index is 0.000000126. The predicted octanol–water partition coefficient (Wildman–Crippen LogP) is 7.87. The van der Waals surface area contributed by atoms with E-state index in [1.54, 1.807) is 40.0 Å². The Morgan fingerprint density at radius 1 is 0.452 bits per heavy atom. The molecule has 0 bridgehead atoms. The number of anilines is 5. The Hall–Kier alpha value is -12.4. The number of carboxylic acid groups (broad SMARTS) is 5. The first-order chi connectivity index (χ1) is 59.2. The number of aryl methyl sites for hydroxylation is 3. The number of hydrogen-bond donors (Lipinski definition) is 9. The Bertz CT molecular complexity index is 6290. The van der Waals surface area contributed by atoms with Gasteiger partial charge in [-0.2, -0.15) is 0 Å². The van der Waals surface area contributed by atoms with Gasteiger partial charge >= 0.3 is 29.8 Å². The van der Waals surface area contributed by atoms with Crippen molar-refractivity contribution in [3.05, 3.63) is 187 Å². The van der Waals surface area contributed by atoms with Crippen molar-refractivity contribution in [3.8, 4) is 5.75 Å². The highest BCUT2D eigenvalue weighted by atomic mass is 19.2. The van der Waals surface area contributed by atoms with Gasteiger partial charge in [0.1, 0.15) is 68.9 Å². The Labute approximate surface area is 703 Å². The molecule has 658 valence electrons. The third kappa shape index (κ3) is 17.4. The lowest BCUT2D eigenvalue weighted by molar-refractivity contribution is 0.0683. The first-order valence-corrected chi connectivity index (χ1v) is 41.3. The maximum atomic E-state index is 15.2. The largest absolute Gasteiger partial charge is 0.487 e. The second-order valence-corrected chi connectivity index (χ2v) is 32.2. The molecule has 18 rings (SSSR count). The summed E-state index contributed by atoms with van der Waals surface area (Å²) in [6.07, 6.45) is 10.3. The van der Waals surface area contributed by atoms with E-state index >= 15 is 8.78 Å². The number of piperazine rings is 5. The number of fused-ring (bicyclic) bond motifs is 4. The highest BCUT2D eigenvalue weighted by Gasteiger charge is 2.36. The molecule has 6 aliphatic heterocycles. The van der Waals surface area contributed by atoms with Gasteiger partial charge in [-0.25, -0.2) is 55.3 Å². The van der Waals surface area contributed by atoms with Gasteiger partial charge in [-0.1, -0.05) is 0 Å². The minimum absolute atomic E-state index is 0.0110. The summed E-state index contributed by atoms with van der Waals surface area (Å²) in [6, 6.07) is 8.34. The topological polar surface area (TPSA) is 386 Å². The second kappa shape index (κ2) is 36.2. The van der Waals surface area contributed by atoms with Crippen LogP contribution in [0.3, 0.4) is 0 Å². The van der Waals surface area contributed by atoms with Crippen LogP contribution < -0.4 is 77.6 Å². The number of ether oxygens (including phenoxy) is 1. The molecule has 124 heavy (non-hydrogen) atoms. The monoisotopic (exact) mass is 1720 g/mol. The van der Waals surface area contributed by atoms with Crippen molar-refractivity contribution >= 4 is 113 Å². The predicted molar refractivity (Wildman–Crippen MR) is 455 cm³/mol. The second-order valence-electron chi connectivity index (χ2n) is 32.2. The molecule has 12 heterocycles. The summed E-state index contributed by atoms with van der Waals surface area (Å²) >= 11 is 0. The van der Waals surface area contributed by atoms with Gasteiger partial charge in [0.05, 0.1) is 61.0 Å². The Morgan fingerprint density at radius 3 is 1.44 bits per heavy atom. The van der Waals surface area contributed by atoms with Gasteiger partial charge in [0.15, 0.2) is 29.0 Å². The molecular formula is C86H96F6N16O16. The van der Waals surface area contributed by atoms with Crippen LogP contribution in [-0.4, -0.2) is 232 Å². The molecule has 10 aromatic rings. The number of carbonyl (C=O) groups is 5. The Morgan fingerprint density at radius 2 is 0.895 bits per heavy atom. The number of likely N-dealkylation sites (N-methyl/N-ethyl adjacent to an activating group) is 1. The highest BCUT2D eigenvalue weighted by molar-refractivity contribution is 5.99. The van der Waals surface area contributed by atoms with Gasteiger partial charge in [-0.05, 0) is 111 Å². The number of benzene rings is 4. The number of nitrogens with zero attached hydrogens (tertiary/aromatic N) is 12. The summed E-state index contributed by atoms with van der Waals surface area (Å²) in [6.45, 7) is 24.1. The van der Waals surface area contributed by atoms with E-state index in [9.17, 15) is 80.8 Å². The van der Waals surface area contributed by atoms with E-state index in [0.29, 0.717) is 124 Å². The minimum atomic E-state index is -1.42. The molecule has 38 heteroatoms. The number of aromatic carboxylic acids is 5. The number of carboxylic acids is 5. The standard InChI is InChI=1S/C19H22FN3O3.C18H20FN3O4.C17H19F2N3O3.C17H18FN3O3.C15H17FN4O3/c1-10-8-22(6-5-21-10)15-7-14-16(11(2)17(15)20)18(24)13(19(25)26)9-23(14)12-3-4-12;1-10-9-26-17-14-11(16(23)12(18(24)25)8-22(10)14)7-13(19)15(17)21-5-3-20(2)4-6-21;1-3-21-8-11(17(24)25)16(23)10-6-12(18)15(13(19)14(10)21)22-5-4-20-9(2)7-22;18-13-7-11-14(8-15(13)20-5-3-19-4-6-20)21(10-1-2-10)9-12(16(11)22)17(23)24;1-2-19-8-10(15(22)23)12(21)9-7-11(16)14(18-13(9)19)20-5-3-17-4-6-20/h7,9-10,12,21H,3-6,8H2,1-2H3,(H,25,26);7-8,10H,3-6,9H2,1-2H3,(H,24,25);6,8-9,20H,3-5,7H2,1-2H3,(H,24,25);7-10,19H,1-6H2,(H,23,24);7-8,17H,2-6H2,1H3,(H,22,23)/t;10-;;;/m.0.../s1. The first kappa shape index (κ1) is 87.9. The van der Waals surface area contributed by atoms with E-state index < -0.39 is 97.5 Å². The molecule has 2 saturated carbocycles. The summed E-state index contributed by atoms with van der Waals surface area (Å²) in [5.41, 5.74) is -2.05. The van der Waals surface area contributed by atoms with Crippen LogP contribution in [0.1, 0.15) is 136 Å². The van der Waals surface area contributed by atoms with Gasteiger partial charge in [0.25, 0.3) is 0 Å². The maximum Gasteiger partial charge on any atom is 0.341 e. The molecule has 6 aromatic heterocycles. The number of rotatable bonds is 14. The molecule has 2 aliphatic carbocycles. The van der Waals surface area contributed by atoms with Crippen LogP contribution in [0.15, 0.2) is 91.4 Å². The van der Waals surface area contributed by atoms with Crippen molar-refractivity contribution in [1.82, 2.24) is 54.0 Å². The van der Waals surface area contributed by atoms with Gasteiger partial charge in [0, 0.05) is 197 Å². The fraction of sp³-hybridized carbons (Fsp3) is 0.430. The van der Waals surface area contributed by atoms with Crippen LogP contribution in [0, 0.1) is 41.8 Å². The van der Waals surface area contributed by atoms with Crippen LogP contribution in [-0.2, 0) is 13.1 Å². The normalized spacial score (nSPS) is 18.5. The highest BCUT2D eigenvalue weighted by Crippen LogP contribution is 2.44. The molecule has 3 atom stereocenters. The van der Waals surface area contributed by atoms with Gasteiger partial charge in [-0.15, -0.1) is 0 Å². The van der Waals surface area contributed by atoms with Crippen molar-refractivity contribution in [2.45, 2.75) is 111 Å². The summed E-state index contributed by atoms with van der Waals surface area (Å²) in [4.78, 5) is 135. The van der Waals surface area contributed by atoms with Crippen molar-refractivity contribution in [3.63, 3.8) is 0 Å². The van der Waals surface area contributed by atoms with Crippen molar-refractivity contribution < 1.29 is 80.6 Å². The summed E-state index contributed by atoms with van der Waals surface area (Å²) in [5, 5.41) is 59.3. The quantitative estimate of drug-likeness (QED) is 0.0467. The Kier molecular flexibility index (Phi) is 25.7. The smallest absolute Gasteiger partial charge is 0.341 e. The maximum absolute atomic E-state index is 15.2. The molecule has 0 spiro atoms. The van der Waals surface area contributed by atoms with Crippen molar-refractivity contribution in [1.29, 1.82) is 0 Å². The minimum Gasteiger partial charge on any atom is -0.487 e. The SMILES string of the molecule is CCn1cc(C(=O)O)c(=O)c2cc(F)c(N3CCNC(C)C3)c(F)c21.CCn1cc(C(=O)O)c(=O)c2cc(F)c(N3CCNCC3)nc21.C[C@H]1COc2c(N3CCN(C)CC3)c(F)cc3c(=O)c(C(=O)O)cn1c23.Cc1c(F)c(N2CCNC(C)C2)cc2c1c(=O)c(C(=O)O)cn2C1CC1.O=C(O)c1cn(C2CC2)c2cc(N3CCNCC3)c(F)cc2c1=O. The van der Waals surface area contributed by atoms with E-state index in [1.807, 2.05) is 56.6 Å². The fourth-order valence-corrected chi connectivity index (χ4v) is 16.9. The number of aromatic nitrogens is 6. The molecule has 9 N–H and O–H groups in total. The van der Waals surface area contributed by atoms with Crippen LogP contribution >= 0.6 is 0 Å². The molecule has 0 amide bonds. The zero-order valence-corrected chi connectivity index (χ0v) is 69.3. The molecule has 32 nitrogen and oxygen atoms in total. The molecular weight excluding hydrogens is 1630 g/mol. The number of pyridine rings is 6. The van der Waals surface area contributed by atoms with Gasteiger partial charge in [0.2, 0.25) is 27.1 Å². The number of hydrogen-bond acceptors (Lipinski definition) is 22. The zero-order valence-electron chi connectivity index (χ0n) is 69.3. The average Bonchev–Trinajstić information content (AvgIpc) is 1.37. The van der Waals surface area contributed by atoms with E-state index in [4.69, 9.17) is 14.9 Å². The molecule has 2 unspecified atom stereocenters. The lowest BCUT2D eigenvalue weighted by Crippen LogP contribution is -2.49. The summed E-state index contributed by atoms with van der Waals surface area (Å²) in [5.74, 6) is -9.86. The van der Waals surface area contributed by atoms with Crippen LogP contribution in [0.5, 0.6) is 5.75 Å². The molecule has 4 aromatic carbocycles. The van der Waals surface area contributed by atoms with E-state index in [2.05, 4.69) is 38.1 Å². The molecule has 7 fully saturated rings. The lowest BCUT2D eigenvalue weighted by Gasteiger charge is -2.37. The summed E-state index contributed by atoms with van der Waals surface area (Å²) < 4.78 is 103. The van der Waals surface area contributed by atoms with Crippen LogP contribution in [0.2, 0.25) is 0 Å². The average molecular weight is 1720 g/mol. The third-order valence-electron chi connectivity index (χ3n) is 23.7. The number of nitrogens with one attached hydrogen (secondary N) is 4. The van der Waals surface area contributed by atoms with Gasteiger partial charge in [-0.3, -0.25) is 24.0 Å². The van der Waals surface area contributed by atoms with E-state index in [0.717, 1.165) is 95.9 Å².